The van der Waals surface area contributed by atoms with Crippen molar-refractivity contribution in [2.45, 2.75) is 20.8 Å². The number of benzene rings is 4. The number of hydrogen-bond acceptors (Lipinski definition) is 2. The van der Waals surface area contributed by atoms with Crippen molar-refractivity contribution in [3.05, 3.63) is 138 Å². The maximum atomic E-state index is 6.14. The highest BCUT2D eigenvalue weighted by molar-refractivity contribution is 5.80. The van der Waals surface area contributed by atoms with Gasteiger partial charge in [0.15, 0.2) is 0 Å². The molecule has 0 N–H and O–H groups in total. The molecule has 0 aromatic heterocycles. The molecule has 0 spiro atoms. The molecule has 174 valence electrons. The van der Waals surface area contributed by atoms with Gasteiger partial charge in [-0.05, 0) is 73.9 Å². The first-order valence-electron chi connectivity index (χ1n) is 11.9. The summed E-state index contributed by atoms with van der Waals surface area (Å²) in [7, 11) is 0. The van der Waals surface area contributed by atoms with Gasteiger partial charge in [0, 0.05) is 11.1 Å². The first-order chi connectivity index (χ1) is 17.2. The highest BCUT2D eigenvalue weighted by Gasteiger charge is 2.08. The van der Waals surface area contributed by atoms with Gasteiger partial charge in [0.05, 0.1) is 0 Å². The van der Waals surface area contributed by atoms with Crippen LogP contribution in [0.5, 0.6) is 23.0 Å². The molecule has 0 atom stereocenters. The zero-order chi connectivity index (χ0) is 24.5. The molecule has 0 saturated carbocycles. The maximum Gasteiger partial charge on any atom is 0.134 e. The largest absolute Gasteiger partial charge is 0.457 e. The lowest BCUT2D eigenvalue weighted by Crippen LogP contribution is -1.91. The maximum absolute atomic E-state index is 6.14. The quantitative estimate of drug-likeness (QED) is 0.261. The van der Waals surface area contributed by atoms with Crippen molar-refractivity contribution in [3.8, 4) is 23.0 Å². The van der Waals surface area contributed by atoms with Gasteiger partial charge >= 0.3 is 0 Å². The summed E-state index contributed by atoms with van der Waals surface area (Å²) in [4.78, 5) is 0. The zero-order valence-electron chi connectivity index (χ0n) is 20.4. The molecule has 0 fully saturated rings. The monoisotopic (exact) mass is 458 g/mol. The minimum atomic E-state index is 0.810. The van der Waals surface area contributed by atoms with Crippen LogP contribution in [0.1, 0.15) is 43.0 Å². The third-order valence-electron chi connectivity index (χ3n) is 5.61. The molecule has 0 radical (unpaired) electrons. The summed E-state index contributed by atoms with van der Waals surface area (Å²) in [5, 5.41) is 0. The molecule has 0 unspecified atom stereocenters. The van der Waals surface area contributed by atoms with E-state index in [1.165, 1.54) is 0 Å². The molecule has 4 rings (SSSR count). The van der Waals surface area contributed by atoms with E-state index in [4.69, 9.17) is 9.47 Å². The highest BCUT2D eigenvalue weighted by Crippen LogP contribution is 2.31. The van der Waals surface area contributed by atoms with E-state index in [9.17, 15) is 0 Å². The second-order valence-corrected chi connectivity index (χ2v) is 8.03. The van der Waals surface area contributed by atoms with Crippen molar-refractivity contribution >= 4 is 17.7 Å². The molecular weight excluding hydrogens is 428 g/mol. The van der Waals surface area contributed by atoms with Crippen molar-refractivity contribution in [1.82, 2.24) is 0 Å². The van der Waals surface area contributed by atoms with Crippen LogP contribution < -0.4 is 9.47 Å². The van der Waals surface area contributed by atoms with Crippen molar-refractivity contribution in [3.63, 3.8) is 0 Å². The predicted octanol–water partition coefficient (Wildman–Crippen LogP) is 9.79. The Labute approximate surface area is 208 Å². The van der Waals surface area contributed by atoms with Gasteiger partial charge < -0.3 is 9.47 Å². The average Bonchev–Trinajstić information content (AvgIpc) is 2.89. The van der Waals surface area contributed by atoms with E-state index in [2.05, 4.69) is 37.3 Å². The third kappa shape index (κ3) is 5.99. The number of hydrogen-bond donors (Lipinski definition) is 0. The lowest BCUT2D eigenvalue weighted by molar-refractivity contribution is 0.481. The molecule has 0 saturated heterocycles. The van der Waals surface area contributed by atoms with Gasteiger partial charge in [0.25, 0.3) is 0 Å². The van der Waals surface area contributed by atoms with E-state index < -0.39 is 0 Å². The standard InChI is InChI=1S/C33H30O2/c1-4-11-27-13-7-9-15-32(27)34-29-21-17-25(18-22-29)31(6-3)26-19-23-30(24-20-26)35-33-16-10-8-14-28(33)12-5-2/h4-24H,1-3H3. The zero-order valence-corrected chi connectivity index (χ0v) is 20.4. The van der Waals surface area contributed by atoms with Crippen molar-refractivity contribution < 1.29 is 9.47 Å². The van der Waals surface area contributed by atoms with Gasteiger partial charge in [0.1, 0.15) is 23.0 Å². The summed E-state index contributed by atoms with van der Waals surface area (Å²) in [6, 6.07) is 32.5. The van der Waals surface area contributed by atoms with Crippen LogP contribution in [0.2, 0.25) is 0 Å². The first-order valence-corrected chi connectivity index (χ1v) is 11.9. The van der Waals surface area contributed by atoms with E-state index >= 15 is 0 Å². The van der Waals surface area contributed by atoms with Crippen molar-refractivity contribution in [1.29, 1.82) is 0 Å². The summed E-state index contributed by atoms with van der Waals surface area (Å²) >= 11 is 0. The Morgan fingerprint density at radius 3 is 1.29 bits per heavy atom. The van der Waals surface area contributed by atoms with E-state index in [-0.39, 0.29) is 0 Å². The van der Waals surface area contributed by atoms with E-state index in [0.29, 0.717) is 0 Å². The van der Waals surface area contributed by atoms with Crippen LogP contribution in [0, 0.1) is 0 Å². The number of para-hydroxylation sites is 2. The Hall–Kier alpha value is -4.30. The summed E-state index contributed by atoms with van der Waals surface area (Å²) in [6.07, 6.45) is 10.3. The minimum Gasteiger partial charge on any atom is -0.457 e. The number of allylic oxidation sites excluding steroid dienone is 3. The first kappa shape index (κ1) is 23.8. The summed E-state index contributed by atoms with van der Waals surface area (Å²) in [6.45, 7) is 6.07. The molecular formula is C33H30O2. The van der Waals surface area contributed by atoms with Crippen LogP contribution in [0.3, 0.4) is 0 Å². The van der Waals surface area contributed by atoms with E-state index in [0.717, 1.165) is 50.8 Å². The van der Waals surface area contributed by atoms with Crippen LogP contribution in [-0.2, 0) is 0 Å². The smallest absolute Gasteiger partial charge is 0.134 e. The Morgan fingerprint density at radius 1 is 0.514 bits per heavy atom. The molecule has 0 aliphatic rings. The topological polar surface area (TPSA) is 18.5 Å². The Balaban J connectivity index is 1.50. The fourth-order valence-corrected chi connectivity index (χ4v) is 3.94. The normalized spacial score (nSPS) is 11.1. The Morgan fingerprint density at radius 2 is 0.914 bits per heavy atom. The van der Waals surface area contributed by atoms with Gasteiger partial charge in [-0.1, -0.05) is 91.0 Å². The summed E-state index contributed by atoms with van der Waals surface area (Å²) < 4.78 is 12.3. The lowest BCUT2D eigenvalue weighted by atomic mass is 9.97. The molecule has 0 heterocycles. The van der Waals surface area contributed by atoms with Crippen LogP contribution >= 0.6 is 0 Å². The fraction of sp³-hybridized carbons (Fsp3) is 0.0909. The molecule has 35 heavy (non-hydrogen) atoms. The van der Waals surface area contributed by atoms with E-state index in [1.807, 2.05) is 111 Å². The Bertz CT molecular complexity index is 1240. The molecule has 0 bridgehead atoms. The van der Waals surface area contributed by atoms with Crippen molar-refractivity contribution in [2.24, 2.45) is 0 Å². The van der Waals surface area contributed by atoms with E-state index in [1.54, 1.807) is 0 Å². The second kappa shape index (κ2) is 11.7. The summed E-state index contributed by atoms with van der Waals surface area (Å²) in [5.41, 5.74) is 5.54. The molecule has 0 amide bonds. The van der Waals surface area contributed by atoms with Gasteiger partial charge in [0.2, 0.25) is 0 Å². The average molecular weight is 459 g/mol. The third-order valence-corrected chi connectivity index (χ3v) is 5.61. The SMILES string of the molecule is CC=Cc1ccccc1Oc1ccc(C(=CC)c2ccc(Oc3ccccc3C=CC)cc2)cc1. The van der Waals surface area contributed by atoms with Crippen LogP contribution in [-0.4, -0.2) is 0 Å². The van der Waals surface area contributed by atoms with Crippen LogP contribution in [0.15, 0.2) is 115 Å². The molecule has 2 heteroatoms. The molecule has 2 nitrogen and oxygen atoms in total. The van der Waals surface area contributed by atoms with Gasteiger partial charge in [-0.3, -0.25) is 0 Å². The Kier molecular flexibility index (Phi) is 7.98. The molecule has 4 aromatic carbocycles. The van der Waals surface area contributed by atoms with Crippen LogP contribution in [0.25, 0.3) is 17.7 Å². The second-order valence-electron chi connectivity index (χ2n) is 8.03. The van der Waals surface area contributed by atoms with Gasteiger partial charge in [-0.15, -0.1) is 0 Å². The molecule has 4 aromatic rings. The van der Waals surface area contributed by atoms with Crippen molar-refractivity contribution in [2.75, 3.05) is 0 Å². The number of ether oxygens (including phenoxy) is 2. The number of rotatable bonds is 8. The minimum absolute atomic E-state index is 0.810. The summed E-state index contributed by atoms with van der Waals surface area (Å²) in [5.74, 6) is 3.31. The predicted molar refractivity (Wildman–Crippen MR) is 148 cm³/mol. The molecule has 0 aliphatic carbocycles. The van der Waals surface area contributed by atoms with Gasteiger partial charge in [-0.25, -0.2) is 0 Å². The highest BCUT2D eigenvalue weighted by atomic mass is 16.5. The van der Waals surface area contributed by atoms with Gasteiger partial charge in [-0.2, -0.15) is 0 Å². The van der Waals surface area contributed by atoms with Crippen LogP contribution in [0.4, 0.5) is 0 Å². The lowest BCUT2D eigenvalue weighted by Gasteiger charge is -2.13. The molecule has 0 aliphatic heterocycles. The fourth-order valence-electron chi connectivity index (χ4n) is 3.94.